The molecule has 2 aromatic rings. The van der Waals surface area contributed by atoms with Crippen molar-refractivity contribution >= 4 is 45.0 Å². The van der Waals surface area contributed by atoms with Gasteiger partial charge in [-0.25, -0.2) is 8.42 Å². The standard InChI is InChI=1S/C20H24ClN5O6S/c1-14-3-4-15(11-16(14)33(29,30)26-7-9-31-10-8-26)22-19(27)13-32-20(28)12-25(2)18-6-5-17(21)23-24-18/h3-6,11H,7-10,12-13H2,1-2H3,(H,22,27). The van der Waals surface area contributed by atoms with Crippen LogP contribution in [0.25, 0.3) is 0 Å². The summed E-state index contributed by atoms with van der Waals surface area (Å²) in [5.41, 5.74) is 0.835. The second-order valence-electron chi connectivity index (χ2n) is 7.28. The molecule has 1 saturated heterocycles. The Morgan fingerprint density at radius 2 is 1.94 bits per heavy atom. The lowest BCUT2D eigenvalue weighted by atomic mass is 10.2. The molecule has 0 radical (unpaired) electrons. The van der Waals surface area contributed by atoms with Crippen molar-refractivity contribution in [2.24, 2.45) is 0 Å². The van der Waals surface area contributed by atoms with E-state index in [4.69, 9.17) is 21.1 Å². The van der Waals surface area contributed by atoms with Crippen molar-refractivity contribution in [1.29, 1.82) is 0 Å². The number of ether oxygens (including phenoxy) is 2. The van der Waals surface area contributed by atoms with Crippen molar-refractivity contribution in [3.8, 4) is 0 Å². The van der Waals surface area contributed by atoms with Crippen LogP contribution in [0, 0.1) is 6.92 Å². The predicted octanol–water partition coefficient (Wildman–Crippen LogP) is 1.08. The molecule has 1 aliphatic rings. The molecule has 0 atom stereocenters. The van der Waals surface area contributed by atoms with Crippen molar-refractivity contribution < 1.29 is 27.5 Å². The number of hydrogen-bond acceptors (Lipinski definition) is 9. The molecule has 0 bridgehead atoms. The number of rotatable bonds is 8. The van der Waals surface area contributed by atoms with Gasteiger partial charge in [-0.3, -0.25) is 9.59 Å². The van der Waals surface area contributed by atoms with Crippen LogP contribution in [0.3, 0.4) is 0 Å². The van der Waals surface area contributed by atoms with Crippen molar-refractivity contribution in [3.05, 3.63) is 41.0 Å². The fourth-order valence-electron chi connectivity index (χ4n) is 3.06. The molecule has 1 amide bonds. The zero-order valence-electron chi connectivity index (χ0n) is 18.2. The normalized spacial score (nSPS) is 14.5. The van der Waals surface area contributed by atoms with E-state index < -0.39 is 28.5 Å². The maximum Gasteiger partial charge on any atom is 0.326 e. The number of anilines is 2. The van der Waals surface area contributed by atoms with E-state index >= 15 is 0 Å². The fraction of sp³-hybridized carbons (Fsp3) is 0.400. The van der Waals surface area contributed by atoms with Gasteiger partial charge in [-0.15, -0.1) is 10.2 Å². The molecule has 0 unspecified atom stereocenters. The maximum atomic E-state index is 13.0. The number of morpholine rings is 1. The Morgan fingerprint density at radius 3 is 2.61 bits per heavy atom. The number of aromatic nitrogens is 2. The minimum Gasteiger partial charge on any atom is -0.454 e. The summed E-state index contributed by atoms with van der Waals surface area (Å²) in [4.78, 5) is 25.9. The van der Waals surface area contributed by atoms with Gasteiger partial charge in [0.15, 0.2) is 17.6 Å². The van der Waals surface area contributed by atoms with Crippen molar-refractivity contribution in [1.82, 2.24) is 14.5 Å². The highest BCUT2D eigenvalue weighted by atomic mass is 35.5. The maximum absolute atomic E-state index is 13.0. The Hall–Kier alpha value is -2.80. The van der Waals surface area contributed by atoms with Gasteiger partial charge in [-0.2, -0.15) is 4.31 Å². The predicted molar refractivity (Wildman–Crippen MR) is 121 cm³/mol. The summed E-state index contributed by atoms with van der Waals surface area (Å²) in [6.45, 7) is 2.20. The van der Waals surface area contributed by atoms with E-state index in [-0.39, 0.29) is 35.4 Å². The highest BCUT2D eigenvalue weighted by Crippen LogP contribution is 2.24. The van der Waals surface area contributed by atoms with E-state index in [9.17, 15) is 18.0 Å². The van der Waals surface area contributed by atoms with E-state index in [1.165, 1.54) is 21.3 Å². The van der Waals surface area contributed by atoms with Crippen LogP contribution in [-0.2, 0) is 29.1 Å². The van der Waals surface area contributed by atoms with Crippen LogP contribution in [-0.4, -0.2) is 81.3 Å². The number of carbonyl (C=O) groups is 2. The van der Waals surface area contributed by atoms with Crippen molar-refractivity contribution in [2.45, 2.75) is 11.8 Å². The molecule has 1 fully saturated rings. The minimum absolute atomic E-state index is 0.102. The molecule has 3 rings (SSSR count). The van der Waals surface area contributed by atoms with Gasteiger partial charge in [0.1, 0.15) is 6.54 Å². The number of benzene rings is 1. The monoisotopic (exact) mass is 497 g/mol. The zero-order valence-corrected chi connectivity index (χ0v) is 19.7. The summed E-state index contributed by atoms with van der Waals surface area (Å²) in [7, 11) is -2.11. The van der Waals surface area contributed by atoms with Crippen molar-refractivity contribution in [3.63, 3.8) is 0 Å². The topological polar surface area (TPSA) is 131 Å². The number of aryl methyl sites for hydroxylation is 1. The quantitative estimate of drug-likeness (QED) is 0.532. The molecule has 2 heterocycles. The first-order valence-electron chi connectivity index (χ1n) is 10.0. The third kappa shape index (κ3) is 6.60. The first kappa shape index (κ1) is 24.8. The lowest BCUT2D eigenvalue weighted by molar-refractivity contribution is -0.145. The molecule has 1 aromatic carbocycles. The molecule has 11 nitrogen and oxygen atoms in total. The number of hydrogen-bond donors (Lipinski definition) is 1. The zero-order chi connectivity index (χ0) is 24.0. The number of sulfonamides is 1. The molecule has 178 valence electrons. The van der Waals surface area contributed by atoms with Gasteiger partial charge >= 0.3 is 5.97 Å². The van der Waals surface area contributed by atoms with Gasteiger partial charge in [-0.1, -0.05) is 17.7 Å². The third-order valence-corrected chi connectivity index (χ3v) is 7.04. The molecule has 0 aliphatic carbocycles. The molecule has 13 heteroatoms. The summed E-state index contributed by atoms with van der Waals surface area (Å²) in [6.07, 6.45) is 0. The summed E-state index contributed by atoms with van der Waals surface area (Å²) in [6, 6.07) is 7.72. The molecular formula is C20H24ClN5O6S. The van der Waals surface area contributed by atoms with Gasteiger partial charge in [-0.05, 0) is 36.8 Å². The Kier molecular flexibility index (Phi) is 8.19. The van der Waals surface area contributed by atoms with Crippen LogP contribution >= 0.6 is 11.6 Å². The largest absolute Gasteiger partial charge is 0.454 e. The number of halogens is 1. The SMILES string of the molecule is Cc1ccc(NC(=O)COC(=O)CN(C)c2ccc(Cl)nn2)cc1S(=O)(=O)N1CCOCC1. The van der Waals surface area contributed by atoms with Crippen LogP contribution in [0.1, 0.15) is 5.56 Å². The molecule has 1 N–H and O–H groups in total. The highest BCUT2D eigenvalue weighted by molar-refractivity contribution is 7.89. The average molecular weight is 498 g/mol. The first-order valence-corrected chi connectivity index (χ1v) is 11.8. The number of likely N-dealkylation sites (N-methyl/N-ethyl adjacent to an activating group) is 1. The van der Waals surface area contributed by atoms with E-state index in [1.54, 1.807) is 32.2 Å². The van der Waals surface area contributed by atoms with Crippen molar-refractivity contribution in [2.75, 3.05) is 56.7 Å². The molecule has 1 aromatic heterocycles. The Balaban J connectivity index is 1.56. The second-order valence-corrected chi connectivity index (χ2v) is 9.57. The minimum atomic E-state index is -3.73. The van der Waals surface area contributed by atoms with E-state index in [0.717, 1.165) is 0 Å². The lowest BCUT2D eigenvalue weighted by Gasteiger charge is -2.26. The molecule has 33 heavy (non-hydrogen) atoms. The van der Waals surface area contributed by atoms with Crippen LogP contribution in [0.4, 0.5) is 11.5 Å². The summed E-state index contributed by atoms with van der Waals surface area (Å²) in [5, 5.41) is 10.3. The number of carbonyl (C=O) groups excluding carboxylic acids is 2. The van der Waals surface area contributed by atoms with Gasteiger partial charge in [0.25, 0.3) is 5.91 Å². The Labute approximate surface area is 196 Å². The van der Waals surface area contributed by atoms with Gasteiger partial charge < -0.3 is 19.7 Å². The fourth-order valence-corrected chi connectivity index (χ4v) is 4.82. The summed E-state index contributed by atoms with van der Waals surface area (Å²) >= 11 is 5.69. The molecular weight excluding hydrogens is 474 g/mol. The van der Waals surface area contributed by atoms with Crippen LogP contribution < -0.4 is 10.2 Å². The lowest BCUT2D eigenvalue weighted by Crippen LogP contribution is -2.40. The van der Waals surface area contributed by atoms with E-state index in [1.807, 2.05) is 0 Å². The second kappa shape index (κ2) is 10.9. The number of amides is 1. The first-order chi connectivity index (χ1) is 15.7. The third-order valence-electron chi connectivity index (χ3n) is 4.80. The number of nitrogens with zero attached hydrogens (tertiary/aromatic N) is 4. The van der Waals surface area contributed by atoms with E-state index in [2.05, 4.69) is 15.5 Å². The summed E-state index contributed by atoms with van der Waals surface area (Å²) in [5.74, 6) is -0.839. The molecule has 0 spiro atoms. The Morgan fingerprint density at radius 1 is 1.21 bits per heavy atom. The smallest absolute Gasteiger partial charge is 0.326 e. The number of nitrogens with one attached hydrogen (secondary N) is 1. The van der Waals surface area contributed by atoms with Gasteiger partial charge in [0.05, 0.1) is 18.1 Å². The van der Waals surface area contributed by atoms with Crippen LogP contribution in [0.15, 0.2) is 35.2 Å². The highest BCUT2D eigenvalue weighted by Gasteiger charge is 2.28. The van der Waals surface area contributed by atoms with E-state index in [0.29, 0.717) is 24.6 Å². The Bertz CT molecular complexity index is 1110. The van der Waals surface area contributed by atoms with Gasteiger partial charge in [0, 0.05) is 25.8 Å². The molecule has 0 saturated carbocycles. The van der Waals surface area contributed by atoms with Crippen LogP contribution in [0.5, 0.6) is 0 Å². The van der Waals surface area contributed by atoms with Gasteiger partial charge in [0.2, 0.25) is 10.0 Å². The average Bonchev–Trinajstić information content (AvgIpc) is 2.80. The van der Waals surface area contributed by atoms with Crippen LogP contribution in [0.2, 0.25) is 5.15 Å². The number of esters is 1. The summed E-state index contributed by atoms with van der Waals surface area (Å²) < 4.78 is 37.5. The molecule has 1 aliphatic heterocycles.